The first-order valence-corrected chi connectivity index (χ1v) is 11.3. The number of anilines is 1. The SMILES string of the molecule is CCCSc1ccc(/C=C(\C)C(=O)Nc2nc(-c3ccc(OC)cc3)cs2)cc1.O.O. The van der Waals surface area contributed by atoms with Crippen molar-refractivity contribution in [3.63, 3.8) is 0 Å². The van der Waals surface area contributed by atoms with E-state index in [9.17, 15) is 4.79 Å². The molecule has 0 spiro atoms. The highest BCUT2D eigenvalue weighted by molar-refractivity contribution is 7.99. The van der Waals surface area contributed by atoms with Crippen molar-refractivity contribution in [3.05, 3.63) is 65.0 Å². The van der Waals surface area contributed by atoms with Gasteiger partial charge in [0.2, 0.25) is 0 Å². The second-order valence-corrected chi connectivity index (χ2v) is 8.49. The average molecular weight is 461 g/mol. The van der Waals surface area contributed by atoms with Gasteiger partial charge in [0, 0.05) is 21.4 Å². The molecule has 0 unspecified atom stereocenters. The van der Waals surface area contributed by atoms with Crippen molar-refractivity contribution in [1.29, 1.82) is 0 Å². The zero-order chi connectivity index (χ0) is 20.6. The fourth-order valence-corrected chi connectivity index (χ4v) is 4.10. The summed E-state index contributed by atoms with van der Waals surface area (Å²) in [5.41, 5.74) is 3.46. The van der Waals surface area contributed by atoms with E-state index in [1.807, 2.05) is 66.5 Å². The number of amides is 1. The fraction of sp³-hybridized carbons (Fsp3) is 0.217. The fourth-order valence-electron chi connectivity index (χ4n) is 2.62. The smallest absolute Gasteiger partial charge is 0.253 e. The Morgan fingerprint density at radius 1 is 1.13 bits per heavy atom. The van der Waals surface area contributed by atoms with Crippen LogP contribution in [-0.2, 0) is 4.79 Å². The van der Waals surface area contributed by atoms with Crippen molar-refractivity contribution < 1.29 is 20.5 Å². The topological polar surface area (TPSA) is 114 Å². The predicted octanol–water partition coefficient (Wildman–Crippen LogP) is 4.71. The zero-order valence-corrected chi connectivity index (χ0v) is 19.4. The number of hydrogen-bond acceptors (Lipinski definition) is 5. The van der Waals surface area contributed by atoms with Gasteiger partial charge in [-0.25, -0.2) is 4.98 Å². The summed E-state index contributed by atoms with van der Waals surface area (Å²) in [6, 6.07) is 16.0. The molecule has 0 aliphatic carbocycles. The van der Waals surface area contributed by atoms with Gasteiger partial charge in [-0.3, -0.25) is 10.1 Å². The average Bonchev–Trinajstić information content (AvgIpc) is 3.21. The molecule has 2 aromatic carbocycles. The molecule has 3 rings (SSSR count). The molecule has 8 heteroatoms. The first kappa shape index (κ1) is 26.4. The Hall–Kier alpha value is -2.65. The Kier molecular flexibility index (Phi) is 11.0. The summed E-state index contributed by atoms with van der Waals surface area (Å²) in [4.78, 5) is 18.3. The molecular weight excluding hydrogens is 432 g/mol. The van der Waals surface area contributed by atoms with E-state index in [1.165, 1.54) is 16.2 Å². The van der Waals surface area contributed by atoms with Gasteiger partial charge in [0.25, 0.3) is 5.91 Å². The normalized spacial score (nSPS) is 10.6. The molecule has 166 valence electrons. The highest BCUT2D eigenvalue weighted by atomic mass is 32.2. The number of methoxy groups -OCH3 is 1. The van der Waals surface area contributed by atoms with E-state index in [-0.39, 0.29) is 16.9 Å². The Labute approximate surface area is 191 Å². The van der Waals surface area contributed by atoms with Crippen LogP contribution in [0.15, 0.2) is 64.4 Å². The minimum absolute atomic E-state index is 0. The zero-order valence-electron chi connectivity index (χ0n) is 17.8. The lowest BCUT2D eigenvalue weighted by molar-refractivity contribution is -0.112. The molecule has 0 bridgehead atoms. The van der Waals surface area contributed by atoms with Gasteiger partial charge >= 0.3 is 0 Å². The van der Waals surface area contributed by atoms with Crippen molar-refractivity contribution in [2.24, 2.45) is 0 Å². The van der Waals surface area contributed by atoms with Gasteiger partial charge in [0.05, 0.1) is 12.8 Å². The minimum Gasteiger partial charge on any atom is -0.497 e. The third-order valence-corrected chi connectivity index (χ3v) is 6.18. The number of rotatable bonds is 8. The molecule has 0 aliphatic rings. The monoisotopic (exact) mass is 460 g/mol. The van der Waals surface area contributed by atoms with E-state index >= 15 is 0 Å². The van der Waals surface area contributed by atoms with Crippen molar-refractivity contribution in [3.8, 4) is 17.0 Å². The van der Waals surface area contributed by atoms with Gasteiger partial charge in [-0.2, -0.15) is 0 Å². The molecule has 1 aromatic heterocycles. The lowest BCUT2D eigenvalue weighted by Gasteiger charge is -2.04. The Balaban J connectivity index is 0.00000240. The van der Waals surface area contributed by atoms with Crippen LogP contribution in [0.2, 0.25) is 0 Å². The molecule has 0 saturated heterocycles. The van der Waals surface area contributed by atoms with Crippen LogP contribution < -0.4 is 10.1 Å². The van der Waals surface area contributed by atoms with Gasteiger partial charge < -0.3 is 15.7 Å². The Bertz CT molecular complexity index is 984. The van der Waals surface area contributed by atoms with Crippen LogP contribution >= 0.6 is 23.1 Å². The number of ether oxygens (including phenoxy) is 1. The van der Waals surface area contributed by atoms with Gasteiger partial charge in [-0.15, -0.1) is 23.1 Å². The van der Waals surface area contributed by atoms with Gasteiger partial charge in [-0.05, 0) is 67.1 Å². The number of aromatic nitrogens is 1. The molecule has 1 amide bonds. The standard InChI is InChI=1S/C23H24N2O2S2.2H2O/c1-4-13-28-20-11-5-17(6-12-20)14-16(2)22(26)25-23-24-21(15-29-23)18-7-9-19(27-3)10-8-18;;/h5-12,14-15H,4,13H2,1-3H3,(H,24,25,26);2*1H2/b16-14+;;. The molecule has 0 aliphatic heterocycles. The second kappa shape index (κ2) is 12.9. The Morgan fingerprint density at radius 2 is 1.81 bits per heavy atom. The van der Waals surface area contributed by atoms with Crippen LogP contribution in [0.4, 0.5) is 5.13 Å². The van der Waals surface area contributed by atoms with E-state index in [0.29, 0.717) is 10.7 Å². The van der Waals surface area contributed by atoms with Crippen LogP contribution in [0, 0.1) is 0 Å². The molecule has 0 saturated carbocycles. The highest BCUT2D eigenvalue weighted by Crippen LogP contribution is 2.27. The third kappa shape index (κ3) is 7.52. The van der Waals surface area contributed by atoms with E-state index in [1.54, 1.807) is 7.11 Å². The highest BCUT2D eigenvalue weighted by Gasteiger charge is 2.10. The summed E-state index contributed by atoms with van der Waals surface area (Å²) < 4.78 is 5.18. The summed E-state index contributed by atoms with van der Waals surface area (Å²) in [6.45, 7) is 3.99. The maximum atomic E-state index is 12.5. The number of hydrogen-bond donors (Lipinski definition) is 1. The van der Waals surface area contributed by atoms with Crippen LogP contribution in [-0.4, -0.2) is 34.7 Å². The molecule has 3 aromatic rings. The van der Waals surface area contributed by atoms with Crippen LogP contribution in [0.3, 0.4) is 0 Å². The van der Waals surface area contributed by atoms with E-state index in [2.05, 4.69) is 29.4 Å². The predicted molar refractivity (Wildman–Crippen MR) is 131 cm³/mol. The van der Waals surface area contributed by atoms with Gasteiger partial charge in [0.1, 0.15) is 5.75 Å². The molecule has 0 fully saturated rings. The van der Waals surface area contributed by atoms with Gasteiger partial charge in [0.15, 0.2) is 5.13 Å². The van der Waals surface area contributed by atoms with E-state index in [4.69, 9.17) is 4.74 Å². The van der Waals surface area contributed by atoms with E-state index < -0.39 is 0 Å². The lowest BCUT2D eigenvalue weighted by Crippen LogP contribution is -2.12. The molecular formula is C23H28N2O4S2. The maximum absolute atomic E-state index is 12.5. The summed E-state index contributed by atoms with van der Waals surface area (Å²) >= 11 is 3.26. The lowest BCUT2D eigenvalue weighted by atomic mass is 10.1. The van der Waals surface area contributed by atoms with Crippen molar-refractivity contribution in [2.45, 2.75) is 25.2 Å². The van der Waals surface area contributed by atoms with Crippen molar-refractivity contribution in [1.82, 2.24) is 4.98 Å². The molecule has 0 radical (unpaired) electrons. The molecule has 1 heterocycles. The Morgan fingerprint density at radius 3 is 2.42 bits per heavy atom. The molecule has 5 N–H and O–H groups in total. The molecule has 6 nitrogen and oxygen atoms in total. The molecule has 0 atom stereocenters. The third-order valence-electron chi connectivity index (χ3n) is 4.20. The van der Waals surface area contributed by atoms with Crippen LogP contribution in [0.5, 0.6) is 5.75 Å². The van der Waals surface area contributed by atoms with Crippen molar-refractivity contribution >= 4 is 40.2 Å². The van der Waals surface area contributed by atoms with Crippen LogP contribution in [0.25, 0.3) is 17.3 Å². The summed E-state index contributed by atoms with van der Waals surface area (Å²) in [6.07, 6.45) is 3.05. The molecule has 31 heavy (non-hydrogen) atoms. The van der Waals surface area contributed by atoms with E-state index in [0.717, 1.165) is 34.7 Å². The first-order valence-electron chi connectivity index (χ1n) is 9.41. The first-order chi connectivity index (χ1) is 14.1. The summed E-state index contributed by atoms with van der Waals surface area (Å²) in [7, 11) is 1.64. The number of thioether (sulfide) groups is 1. The number of benzene rings is 2. The number of thiazole rings is 1. The minimum atomic E-state index is -0.148. The van der Waals surface area contributed by atoms with Gasteiger partial charge in [-0.1, -0.05) is 19.1 Å². The largest absolute Gasteiger partial charge is 0.497 e. The number of nitrogens with one attached hydrogen (secondary N) is 1. The number of nitrogens with zero attached hydrogens (tertiary/aromatic N) is 1. The summed E-state index contributed by atoms with van der Waals surface area (Å²) in [5.74, 6) is 1.77. The second-order valence-electron chi connectivity index (χ2n) is 6.47. The maximum Gasteiger partial charge on any atom is 0.253 e. The summed E-state index contributed by atoms with van der Waals surface area (Å²) in [5, 5.41) is 5.40. The van der Waals surface area contributed by atoms with Crippen LogP contribution in [0.1, 0.15) is 25.8 Å². The van der Waals surface area contributed by atoms with Crippen molar-refractivity contribution in [2.75, 3.05) is 18.2 Å². The quantitative estimate of drug-likeness (QED) is 0.387. The number of carbonyl (C=O) groups excluding carboxylic acids is 1. The number of carbonyl (C=O) groups is 1.